The molecular weight excluding hydrogens is 236 g/mol. The number of carbonyl (C=O) groups excluding carboxylic acids is 1. The summed E-state index contributed by atoms with van der Waals surface area (Å²) in [6, 6.07) is 7.63. The number of hydrogen-bond acceptors (Lipinski definition) is 4. The molecule has 1 aromatic carbocycles. The van der Waals surface area contributed by atoms with E-state index in [4.69, 9.17) is 5.11 Å². The van der Waals surface area contributed by atoms with E-state index in [9.17, 15) is 9.59 Å². The number of carboxylic acid groups (broad SMARTS) is 1. The Labute approximate surface area is 102 Å². The van der Waals surface area contributed by atoms with Crippen molar-refractivity contribution < 1.29 is 19.2 Å². The van der Waals surface area contributed by atoms with Crippen molar-refractivity contribution in [2.45, 2.75) is 6.54 Å². The minimum absolute atomic E-state index is 0.0323. The summed E-state index contributed by atoms with van der Waals surface area (Å²) in [4.78, 5) is 22.8. The van der Waals surface area contributed by atoms with Gasteiger partial charge in [0.15, 0.2) is 0 Å². The van der Waals surface area contributed by atoms with Crippen LogP contribution in [0, 0.1) is 0 Å². The van der Waals surface area contributed by atoms with Crippen molar-refractivity contribution in [1.29, 1.82) is 0 Å². The first-order chi connectivity index (χ1) is 8.68. The third-order valence-corrected chi connectivity index (χ3v) is 2.32. The molecule has 0 saturated carbocycles. The zero-order valence-corrected chi connectivity index (χ0v) is 9.29. The van der Waals surface area contributed by atoms with Gasteiger partial charge < -0.3 is 14.9 Å². The van der Waals surface area contributed by atoms with Crippen LogP contribution in [0.5, 0.6) is 0 Å². The quantitative estimate of drug-likeness (QED) is 0.848. The van der Waals surface area contributed by atoms with Gasteiger partial charge >= 0.3 is 5.97 Å². The Kier molecular flexibility index (Phi) is 3.38. The second-order valence-electron chi connectivity index (χ2n) is 3.52. The molecule has 0 saturated heterocycles. The van der Waals surface area contributed by atoms with Crippen LogP contribution in [0.3, 0.4) is 0 Å². The molecule has 0 aliphatic rings. The summed E-state index contributed by atoms with van der Waals surface area (Å²) in [7, 11) is 0. The van der Waals surface area contributed by atoms with Gasteiger partial charge in [-0.2, -0.15) is 0 Å². The maximum atomic E-state index is 11.8. The van der Waals surface area contributed by atoms with E-state index < -0.39 is 11.9 Å². The molecule has 0 bridgehead atoms. The number of carbonyl (C=O) groups is 2. The molecule has 6 nitrogen and oxygen atoms in total. The molecule has 0 aliphatic carbocycles. The molecule has 92 valence electrons. The fourth-order valence-corrected chi connectivity index (χ4v) is 1.46. The summed E-state index contributed by atoms with van der Waals surface area (Å²) < 4.78 is 4.62. The Morgan fingerprint density at radius 3 is 2.56 bits per heavy atom. The zero-order valence-electron chi connectivity index (χ0n) is 9.29. The van der Waals surface area contributed by atoms with Crippen LogP contribution in [0.25, 0.3) is 0 Å². The van der Waals surface area contributed by atoms with Crippen LogP contribution in [0.15, 0.2) is 41.1 Å². The summed E-state index contributed by atoms with van der Waals surface area (Å²) in [6.07, 6.45) is 1.40. The first-order valence-electron chi connectivity index (χ1n) is 5.18. The van der Waals surface area contributed by atoms with Gasteiger partial charge in [-0.1, -0.05) is 17.3 Å². The van der Waals surface area contributed by atoms with Gasteiger partial charge in [0, 0.05) is 6.07 Å². The Morgan fingerprint density at radius 2 is 1.94 bits per heavy atom. The van der Waals surface area contributed by atoms with Crippen LogP contribution in [-0.2, 0) is 6.54 Å². The Hall–Kier alpha value is -2.63. The highest BCUT2D eigenvalue weighted by atomic mass is 16.5. The van der Waals surface area contributed by atoms with Crippen molar-refractivity contribution in [1.82, 2.24) is 10.5 Å². The van der Waals surface area contributed by atoms with E-state index in [1.807, 2.05) is 0 Å². The Balaban J connectivity index is 2.11. The highest BCUT2D eigenvalue weighted by molar-refractivity contribution is 6.04. The van der Waals surface area contributed by atoms with Crippen molar-refractivity contribution >= 4 is 11.9 Å². The third-order valence-electron chi connectivity index (χ3n) is 2.32. The van der Waals surface area contributed by atoms with Crippen LogP contribution < -0.4 is 5.32 Å². The van der Waals surface area contributed by atoms with Crippen molar-refractivity contribution in [2.24, 2.45) is 0 Å². The lowest BCUT2D eigenvalue weighted by Gasteiger charge is -2.05. The van der Waals surface area contributed by atoms with Crippen LogP contribution >= 0.6 is 0 Å². The molecule has 2 aromatic rings. The molecule has 0 radical (unpaired) electrons. The predicted octanol–water partition coefficient (Wildman–Crippen LogP) is 1.30. The molecule has 18 heavy (non-hydrogen) atoms. The van der Waals surface area contributed by atoms with Gasteiger partial charge in [-0.25, -0.2) is 4.79 Å². The maximum absolute atomic E-state index is 11.8. The molecule has 0 aliphatic heterocycles. The van der Waals surface area contributed by atoms with E-state index in [0.29, 0.717) is 5.69 Å². The molecule has 2 N–H and O–H groups in total. The van der Waals surface area contributed by atoms with Gasteiger partial charge in [0.2, 0.25) is 0 Å². The smallest absolute Gasteiger partial charge is 0.336 e. The second-order valence-corrected chi connectivity index (χ2v) is 3.52. The second kappa shape index (κ2) is 5.13. The highest BCUT2D eigenvalue weighted by Gasteiger charge is 2.15. The fourth-order valence-electron chi connectivity index (χ4n) is 1.46. The van der Waals surface area contributed by atoms with Crippen LogP contribution in [0.1, 0.15) is 26.4 Å². The van der Waals surface area contributed by atoms with E-state index in [1.165, 1.54) is 18.4 Å². The van der Waals surface area contributed by atoms with E-state index in [-0.39, 0.29) is 17.7 Å². The predicted molar refractivity (Wildman–Crippen MR) is 61.1 cm³/mol. The minimum Gasteiger partial charge on any atom is -0.478 e. The van der Waals surface area contributed by atoms with E-state index in [0.717, 1.165) is 0 Å². The third kappa shape index (κ3) is 2.54. The molecule has 0 unspecified atom stereocenters. The summed E-state index contributed by atoms with van der Waals surface area (Å²) in [5, 5.41) is 15.2. The Bertz CT molecular complexity index is 563. The number of benzene rings is 1. The summed E-state index contributed by atoms with van der Waals surface area (Å²) in [5.74, 6) is -1.60. The molecule has 1 heterocycles. The molecule has 2 rings (SSSR count). The van der Waals surface area contributed by atoms with Gasteiger partial charge in [0.05, 0.1) is 17.7 Å². The van der Waals surface area contributed by atoms with Crippen molar-refractivity contribution in [3.05, 3.63) is 53.4 Å². The van der Waals surface area contributed by atoms with Gasteiger partial charge in [0.1, 0.15) is 12.0 Å². The molecular formula is C12H10N2O4. The fraction of sp³-hybridized carbons (Fsp3) is 0.0833. The van der Waals surface area contributed by atoms with Gasteiger partial charge in [-0.15, -0.1) is 0 Å². The number of aromatic carboxylic acids is 1. The molecule has 0 spiro atoms. The first-order valence-corrected chi connectivity index (χ1v) is 5.18. The Morgan fingerprint density at radius 1 is 1.22 bits per heavy atom. The number of hydrogen-bond donors (Lipinski definition) is 2. The van der Waals surface area contributed by atoms with Crippen molar-refractivity contribution in [3.63, 3.8) is 0 Å². The molecule has 1 aromatic heterocycles. The normalized spacial score (nSPS) is 10.0. The average molecular weight is 246 g/mol. The summed E-state index contributed by atoms with van der Waals surface area (Å²) >= 11 is 0. The maximum Gasteiger partial charge on any atom is 0.336 e. The SMILES string of the molecule is O=C(O)c1ccccc1C(=O)NCc1ccon1. The van der Waals surface area contributed by atoms with E-state index in [1.54, 1.807) is 18.2 Å². The number of aromatic nitrogens is 1. The lowest BCUT2D eigenvalue weighted by atomic mass is 10.1. The summed E-state index contributed by atoms with van der Waals surface area (Å²) in [6.45, 7) is 0.184. The monoisotopic (exact) mass is 246 g/mol. The minimum atomic E-state index is -1.14. The molecule has 0 atom stereocenters. The van der Waals surface area contributed by atoms with Gasteiger partial charge in [0.25, 0.3) is 5.91 Å². The van der Waals surface area contributed by atoms with Gasteiger partial charge in [-0.3, -0.25) is 4.79 Å². The number of amides is 1. The largest absolute Gasteiger partial charge is 0.478 e. The van der Waals surface area contributed by atoms with Crippen LogP contribution in [0.2, 0.25) is 0 Å². The lowest BCUT2D eigenvalue weighted by Crippen LogP contribution is -2.25. The van der Waals surface area contributed by atoms with Crippen LogP contribution in [0.4, 0.5) is 0 Å². The molecule has 1 amide bonds. The van der Waals surface area contributed by atoms with Crippen molar-refractivity contribution in [3.8, 4) is 0 Å². The number of carboxylic acids is 1. The number of nitrogens with zero attached hydrogens (tertiary/aromatic N) is 1. The molecule has 6 heteroatoms. The van der Waals surface area contributed by atoms with E-state index >= 15 is 0 Å². The van der Waals surface area contributed by atoms with Crippen LogP contribution in [-0.4, -0.2) is 22.1 Å². The van der Waals surface area contributed by atoms with Crippen molar-refractivity contribution in [2.75, 3.05) is 0 Å². The van der Waals surface area contributed by atoms with Gasteiger partial charge in [-0.05, 0) is 12.1 Å². The summed E-state index contributed by atoms with van der Waals surface area (Å²) in [5.41, 5.74) is 0.653. The zero-order chi connectivity index (χ0) is 13.0. The average Bonchev–Trinajstić information content (AvgIpc) is 2.89. The molecule has 0 fully saturated rings. The topological polar surface area (TPSA) is 92.4 Å². The van der Waals surface area contributed by atoms with E-state index in [2.05, 4.69) is 15.0 Å². The highest BCUT2D eigenvalue weighted by Crippen LogP contribution is 2.08. The lowest BCUT2D eigenvalue weighted by molar-refractivity contribution is 0.0691. The first kappa shape index (κ1) is 11.8. The number of rotatable bonds is 4. The standard InChI is InChI=1S/C12H10N2O4/c15-11(13-7-8-5-6-18-14-8)9-3-1-2-4-10(9)12(16)17/h1-6H,7H2,(H,13,15)(H,16,17). The number of nitrogens with one attached hydrogen (secondary N) is 1.